The number of benzene rings is 1. The number of para-hydroxylation sites is 1. The molecule has 0 fully saturated rings. The van der Waals surface area contributed by atoms with Crippen molar-refractivity contribution in [1.29, 1.82) is 0 Å². The summed E-state index contributed by atoms with van der Waals surface area (Å²) < 4.78 is 23.0. The molecule has 0 bridgehead atoms. The fraction of sp³-hybridized carbons (Fsp3) is 0.412. The molecule has 1 aromatic carbocycles. The van der Waals surface area contributed by atoms with E-state index >= 15 is 0 Å². The van der Waals surface area contributed by atoms with Gasteiger partial charge in [-0.05, 0) is 38.4 Å². The van der Waals surface area contributed by atoms with Crippen molar-refractivity contribution in [3.63, 3.8) is 0 Å². The Hall–Kier alpha value is -2.14. The maximum atomic E-state index is 6.18. The second kappa shape index (κ2) is 6.75. The van der Waals surface area contributed by atoms with Crippen LogP contribution in [0.2, 0.25) is 0 Å². The molecule has 3 rings (SSSR count). The minimum atomic E-state index is -0.158. The summed E-state index contributed by atoms with van der Waals surface area (Å²) in [7, 11) is 4.08. The fourth-order valence-corrected chi connectivity index (χ4v) is 2.40. The summed E-state index contributed by atoms with van der Waals surface area (Å²) in [5.74, 6) is 2.92. The lowest BCUT2D eigenvalue weighted by atomic mass is 10.2. The summed E-state index contributed by atoms with van der Waals surface area (Å²) in [6.45, 7) is 2.01. The second-order valence-electron chi connectivity index (χ2n) is 5.49. The number of rotatable bonds is 6. The summed E-state index contributed by atoms with van der Waals surface area (Å²) in [6.07, 6.45) is 2.33. The molecule has 1 aromatic heterocycles. The molecular weight excluding hydrogens is 282 g/mol. The van der Waals surface area contributed by atoms with Crippen molar-refractivity contribution in [3.8, 4) is 17.2 Å². The molecule has 1 aliphatic rings. The molecule has 0 spiro atoms. The predicted molar refractivity (Wildman–Crippen MR) is 82.7 cm³/mol. The van der Waals surface area contributed by atoms with Crippen LogP contribution in [0.5, 0.6) is 17.2 Å². The lowest BCUT2D eigenvalue weighted by Gasteiger charge is -2.24. The maximum absolute atomic E-state index is 6.18. The third kappa shape index (κ3) is 3.36. The van der Waals surface area contributed by atoms with E-state index in [0.717, 1.165) is 24.5 Å². The van der Waals surface area contributed by atoms with Crippen LogP contribution in [0.15, 0.2) is 41.0 Å². The van der Waals surface area contributed by atoms with E-state index in [1.807, 2.05) is 44.4 Å². The van der Waals surface area contributed by atoms with Crippen LogP contribution >= 0.6 is 0 Å². The van der Waals surface area contributed by atoms with Crippen molar-refractivity contribution in [1.82, 2.24) is 4.90 Å². The zero-order chi connectivity index (χ0) is 15.4. The average molecular weight is 303 g/mol. The summed E-state index contributed by atoms with van der Waals surface area (Å²) in [6, 6.07) is 9.52. The van der Waals surface area contributed by atoms with Crippen molar-refractivity contribution in [2.45, 2.75) is 12.5 Å². The molecule has 22 heavy (non-hydrogen) atoms. The lowest BCUT2D eigenvalue weighted by molar-refractivity contribution is 0.129. The van der Waals surface area contributed by atoms with Crippen LogP contribution < -0.4 is 14.2 Å². The first-order valence-electron chi connectivity index (χ1n) is 7.47. The monoisotopic (exact) mass is 303 g/mol. The first kappa shape index (κ1) is 14.8. The van der Waals surface area contributed by atoms with Crippen LogP contribution in [0.3, 0.4) is 0 Å². The molecule has 0 N–H and O–H groups in total. The van der Waals surface area contributed by atoms with Crippen molar-refractivity contribution in [2.75, 3.05) is 33.9 Å². The van der Waals surface area contributed by atoms with E-state index in [1.54, 1.807) is 6.26 Å². The molecule has 5 nitrogen and oxygen atoms in total. The van der Waals surface area contributed by atoms with Gasteiger partial charge in [0.2, 0.25) is 5.75 Å². The largest absolute Gasteiger partial charge is 0.486 e. The van der Waals surface area contributed by atoms with Gasteiger partial charge in [0.05, 0.1) is 6.26 Å². The van der Waals surface area contributed by atoms with Crippen molar-refractivity contribution >= 4 is 0 Å². The zero-order valence-corrected chi connectivity index (χ0v) is 13.0. The molecule has 0 amide bonds. The van der Waals surface area contributed by atoms with Gasteiger partial charge in [-0.2, -0.15) is 0 Å². The van der Waals surface area contributed by atoms with Crippen LogP contribution in [-0.2, 0) is 0 Å². The van der Waals surface area contributed by atoms with Gasteiger partial charge in [0.1, 0.15) is 19.0 Å². The van der Waals surface area contributed by atoms with Gasteiger partial charge in [0, 0.05) is 13.0 Å². The molecule has 0 radical (unpaired) electrons. The van der Waals surface area contributed by atoms with Crippen LogP contribution in [0.4, 0.5) is 0 Å². The summed E-state index contributed by atoms with van der Waals surface area (Å²) >= 11 is 0. The minimum absolute atomic E-state index is 0.158. The van der Waals surface area contributed by atoms with Gasteiger partial charge in [-0.25, -0.2) is 0 Å². The van der Waals surface area contributed by atoms with Gasteiger partial charge in [-0.15, -0.1) is 0 Å². The Balaban J connectivity index is 1.81. The van der Waals surface area contributed by atoms with Crippen LogP contribution in [0, 0.1) is 0 Å². The summed E-state index contributed by atoms with van der Waals surface area (Å²) in [5, 5.41) is 0. The molecule has 2 heterocycles. The van der Waals surface area contributed by atoms with Crippen LogP contribution in [0.1, 0.15) is 18.3 Å². The lowest BCUT2D eigenvalue weighted by Crippen LogP contribution is -2.20. The molecule has 0 aliphatic carbocycles. The maximum Gasteiger partial charge on any atom is 0.203 e. The smallest absolute Gasteiger partial charge is 0.203 e. The average Bonchev–Trinajstić information content (AvgIpc) is 3.05. The van der Waals surface area contributed by atoms with E-state index in [4.69, 9.17) is 18.6 Å². The predicted octanol–water partition coefficient (Wildman–Crippen LogP) is 3.12. The van der Waals surface area contributed by atoms with Gasteiger partial charge in [-0.3, -0.25) is 0 Å². The van der Waals surface area contributed by atoms with Crippen LogP contribution in [0.25, 0.3) is 0 Å². The van der Waals surface area contributed by atoms with Crippen LogP contribution in [-0.4, -0.2) is 38.8 Å². The highest BCUT2D eigenvalue weighted by Crippen LogP contribution is 2.41. The topological polar surface area (TPSA) is 44.1 Å². The number of nitrogens with zero attached hydrogens (tertiary/aromatic N) is 1. The highest BCUT2D eigenvalue weighted by molar-refractivity contribution is 5.52. The number of hydrogen-bond acceptors (Lipinski definition) is 5. The van der Waals surface area contributed by atoms with Gasteiger partial charge >= 0.3 is 0 Å². The van der Waals surface area contributed by atoms with E-state index in [-0.39, 0.29) is 6.10 Å². The Morgan fingerprint density at radius 1 is 1.14 bits per heavy atom. The number of furan rings is 1. The highest BCUT2D eigenvalue weighted by Gasteiger charge is 2.22. The van der Waals surface area contributed by atoms with Crippen molar-refractivity contribution in [2.24, 2.45) is 0 Å². The fourth-order valence-electron chi connectivity index (χ4n) is 2.40. The SMILES string of the molecule is CN(C)CCC(Oc1cccc2c1OCCO2)c1ccco1. The van der Waals surface area contributed by atoms with E-state index in [0.29, 0.717) is 24.7 Å². The van der Waals surface area contributed by atoms with Gasteiger partial charge in [0.25, 0.3) is 0 Å². The van der Waals surface area contributed by atoms with Crippen molar-refractivity contribution < 1.29 is 18.6 Å². The van der Waals surface area contributed by atoms with Gasteiger partial charge in [0.15, 0.2) is 17.6 Å². The zero-order valence-electron chi connectivity index (χ0n) is 13.0. The Morgan fingerprint density at radius 3 is 2.77 bits per heavy atom. The van der Waals surface area contributed by atoms with Gasteiger partial charge < -0.3 is 23.5 Å². The third-order valence-electron chi connectivity index (χ3n) is 3.50. The molecule has 0 saturated heterocycles. The number of ether oxygens (including phenoxy) is 3. The second-order valence-corrected chi connectivity index (χ2v) is 5.49. The van der Waals surface area contributed by atoms with Crippen molar-refractivity contribution in [3.05, 3.63) is 42.4 Å². The first-order valence-corrected chi connectivity index (χ1v) is 7.47. The Bertz CT molecular complexity index is 595. The quantitative estimate of drug-likeness (QED) is 0.820. The first-order chi connectivity index (χ1) is 10.7. The van der Waals surface area contributed by atoms with E-state index in [2.05, 4.69) is 4.90 Å². The molecule has 1 aliphatic heterocycles. The van der Waals surface area contributed by atoms with E-state index in [1.165, 1.54) is 0 Å². The molecule has 1 unspecified atom stereocenters. The summed E-state index contributed by atoms with van der Waals surface area (Å²) in [4.78, 5) is 2.12. The van der Waals surface area contributed by atoms with E-state index in [9.17, 15) is 0 Å². The normalized spacial score (nSPS) is 14.9. The molecule has 5 heteroatoms. The number of hydrogen-bond donors (Lipinski definition) is 0. The Kier molecular flexibility index (Phi) is 4.53. The molecule has 2 aromatic rings. The van der Waals surface area contributed by atoms with Gasteiger partial charge in [-0.1, -0.05) is 6.07 Å². The Morgan fingerprint density at radius 2 is 2.00 bits per heavy atom. The Labute approximate surface area is 130 Å². The number of fused-ring (bicyclic) bond motifs is 1. The minimum Gasteiger partial charge on any atom is -0.486 e. The molecular formula is C17H21NO4. The molecule has 0 saturated carbocycles. The third-order valence-corrected chi connectivity index (χ3v) is 3.50. The molecule has 1 atom stereocenters. The highest BCUT2D eigenvalue weighted by atomic mass is 16.6. The summed E-state index contributed by atoms with van der Waals surface area (Å²) in [5.41, 5.74) is 0. The van der Waals surface area contributed by atoms with E-state index < -0.39 is 0 Å². The molecule has 118 valence electrons. The standard InChI is InChI=1S/C17H21NO4/c1-18(2)9-8-14(13-7-4-10-19-13)22-16-6-3-5-15-17(16)21-12-11-20-15/h3-7,10,14H,8-9,11-12H2,1-2H3.